The number of hydrogen-bond acceptors (Lipinski definition) is 3. The van der Waals surface area contributed by atoms with E-state index >= 15 is 0 Å². The van der Waals surface area contributed by atoms with Gasteiger partial charge in [-0.3, -0.25) is 0 Å². The number of anilines is 1. The van der Waals surface area contributed by atoms with Crippen LogP contribution in [0.15, 0.2) is 54.6 Å². The van der Waals surface area contributed by atoms with Crippen LogP contribution in [-0.4, -0.2) is 6.04 Å². The minimum absolute atomic E-state index is 0.236. The van der Waals surface area contributed by atoms with Gasteiger partial charge in [0.1, 0.15) is 6.07 Å². The van der Waals surface area contributed by atoms with Crippen molar-refractivity contribution in [1.82, 2.24) is 0 Å². The Bertz CT molecular complexity index is 716. The molecule has 102 valence electrons. The van der Waals surface area contributed by atoms with E-state index in [-0.39, 0.29) is 11.5 Å². The molecule has 21 heavy (non-hydrogen) atoms. The molecule has 0 amide bonds. The Morgan fingerprint density at radius 3 is 2.29 bits per heavy atom. The third-order valence-electron chi connectivity index (χ3n) is 4.14. The van der Waals surface area contributed by atoms with Gasteiger partial charge >= 0.3 is 0 Å². The van der Waals surface area contributed by atoms with Gasteiger partial charge in [-0.2, -0.15) is 10.5 Å². The fraction of sp³-hybridized carbons (Fsp3) is 0.222. The van der Waals surface area contributed by atoms with Crippen LogP contribution in [0.25, 0.3) is 0 Å². The summed E-state index contributed by atoms with van der Waals surface area (Å²) in [6.07, 6.45) is 1.54. The minimum Gasteiger partial charge on any atom is -0.381 e. The topological polar surface area (TPSA) is 59.6 Å². The highest BCUT2D eigenvalue weighted by atomic mass is 14.9. The molecule has 1 saturated carbocycles. The van der Waals surface area contributed by atoms with Crippen LogP contribution < -0.4 is 5.32 Å². The van der Waals surface area contributed by atoms with Crippen LogP contribution >= 0.6 is 0 Å². The fourth-order valence-electron chi connectivity index (χ4n) is 2.96. The molecule has 3 heteroatoms. The number of benzene rings is 2. The quantitative estimate of drug-likeness (QED) is 0.929. The molecule has 0 unspecified atom stereocenters. The second-order valence-corrected chi connectivity index (χ2v) is 5.47. The van der Waals surface area contributed by atoms with Crippen molar-refractivity contribution in [3.8, 4) is 12.1 Å². The van der Waals surface area contributed by atoms with E-state index in [9.17, 15) is 5.26 Å². The molecule has 1 aliphatic rings. The molecule has 3 rings (SSSR count). The molecule has 0 aliphatic heterocycles. The number of hydrogen-bond donors (Lipinski definition) is 1. The molecule has 2 aromatic rings. The second kappa shape index (κ2) is 5.31. The van der Waals surface area contributed by atoms with Crippen molar-refractivity contribution >= 4 is 5.69 Å². The Labute approximate surface area is 124 Å². The molecule has 0 radical (unpaired) electrons. The van der Waals surface area contributed by atoms with E-state index in [1.807, 2.05) is 48.5 Å². The van der Waals surface area contributed by atoms with Crippen LogP contribution in [0.5, 0.6) is 0 Å². The van der Waals surface area contributed by atoms with Crippen LogP contribution in [-0.2, 0) is 5.41 Å². The third kappa shape index (κ3) is 2.35. The van der Waals surface area contributed by atoms with Crippen molar-refractivity contribution in [3.63, 3.8) is 0 Å². The molecule has 0 aromatic heterocycles. The molecule has 0 bridgehead atoms. The number of nitriles is 2. The molecular formula is C18H15N3. The smallest absolute Gasteiger partial charge is 0.101 e. The predicted octanol–water partition coefficient (Wildman–Crippen LogP) is 3.59. The highest BCUT2D eigenvalue weighted by Crippen LogP contribution is 2.44. The van der Waals surface area contributed by atoms with Gasteiger partial charge in [0.15, 0.2) is 0 Å². The Balaban J connectivity index is 1.74. The van der Waals surface area contributed by atoms with E-state index in [4.69, 9.17) is 5.26 Å². The molecule has 1 fully saturated rings. The van der Waals surface area contributed by atoms with Crippen molar-refractivity contribution < 1.29 is 0 Å². The van der Waals surface area contributed by atoms with Gasteiger partial charge in [-0.25, -0.2) is 0 Å². The van der Waals surface area contributed by atoms with Crippen LogP contribution in [0, 0.1) is 22.7 Å². The number of para-hydroxylation sites is 1. The van der Waals surface area contributed by atoms with Gasteiger partial charge < -0.3 is 5.32 Å². The maximum atomic E-state index is 9.54. The minimum atomic E-state index is -0.388. The first kappa shape index (κ1) is 13.2. The summed E-state index contributed by atoms with van der Waals surface area (Å²) in [4.78, 5) is 0. The van der Waals surface area contributed by atoms with Gasteiger partial charge in [-0.1, -0.05) is 42.5 Å². The van der Waals surface area contributed by atoms with Gasteiger partial charge in [0.25, 0.3) is 0 Å². The van der Waals surface area contributed by atoms with Crippen molar-refractivity contribution in [2.45, 2.75) is 24.3 Å². The van der Waals surface area contributed by atoms with Crippen LogP contribution in [0.3, 0.4) is 0 Å². The molecule has 2 aromatic carbocycles. The van der Waals surface area contributed by atoms with Crippen LogP contribution in [0.4, 0.5) is 5.69 Å². The molecule has 1 N–H and O–H groups in total. The number of nitrogens with zero attached hydrogens (tertiary/aromatic N) is 2. The zero-order chi connectivity index (χ0) is 14.7. The van der Waals surface area contributed by atoms with E-state index in [0.717, 1.165) is 24.1 Å². The van der Waals surface area contributed by atoms with E-state index < -0.39 is 0 Å². The van der Waals surface area contributed by atoms with Gasteiger partial charge in [0.05, 0.1) is 22.7 Å². The zero-order valence-corrected chi connectivity index (χ0v) is 11.6. The highest BCUT2D eigenvalue weighted by Gasteiger charge is 2.46. The standard InChI is InChI=1S/C18H15N3/c19-12-14-6-4-5-9-17(14)21-16-10-18(11-16,13-20)15-7-2-1-3-8-15/h1-9,16,21H,10-11H2. The predicted molar refractivity (Wildman–Crippen MR) is 81.5 cm³/mol. The molecule has 1 aliphatic carbocycles. The molecule has 0 heterocycles. The maximum absolute atomic E-state index is 9.54. The lowest BCUT2D eigenvalue weighted by Crippen LogP contribution is -2.47. The average molecular weight is 273 g/mol. The molecule has 0 atom stereocenters. The lowest BCUT2D eigenvalue weighted by Gasteiger charge is -2.43. The maximum Gasteiger partial charge on any atom is 0.101 e. The summed E-state index contributed by atoms with van der Waals surface area (Å²) in [6.45, 7) is 0. The molecule has 0 saturated heterocycles. The van der Waals surface area contributed by atoms with Gasteiger partial charge in [-0.15, -0.1) is 0 Å². The normalized spacial score (nSPS) is 23.4. The monoisotopic (exact) mass is 273 g/mol. The van der Waals surface area contributed by atoms with Gasteiger partial charge in [0, 0.05) is 6.04 Å². The highest BCUT2D eigenvalue weighted by molar-refractivity contribution is 5.58. The van der Waals surface area contributed by atoms with E-state index in [1.54, 1.807) is 6.07 Å². The lowest BCUT2D eigenvalue weighted by molar-refractivity contribution is 0.289. The molecule has 3 nitrogen and oxygen atoms in total. The van der Waals surface area contributed by atoms with Crippen LogP contribution in [0.2, 0.25) is 0 Å². The zero-order valence-electron chi connectivity index (χ0n) is 11.6. The summed E-state index contributed by atoms with van der Waals surface area (Å²) in [5, 5.41) is 22.0. The summed E-state index contributed by atoms with van der Waals surface area (Å²) in [5.41, 5.74) is 2.19. The first-order valence-corrected chi connectivity index (χ1v) is 7.00. The summed E-state index contributed by atoms with van der Waals surface area (Å²) in [6, 6.07) is 22.3. The van der Waals surface area contributed by atoms with E-state index in [2.05, 4.69) is 17.5 Å². The Hall–Kier alpha value is -2.78. The first-order valence-electron chi connectivity index (χ1n) is 7.00. The Morgan fingerprint density at radius 2 is 1.62 bits per heavy atom. The lowest BCUT2D eigenvalue weighted by atomic mass is 9.62. The SMILES string of the molecule is N#Cc1ccccc1NC1CC(C#N)(c2ccccc2)C1. The Morgan fingerprint density at radius 1 is 0.952 bits per heavy atom. The van der Waals surface area contributed by atoms with Crippen molar-refractivity contribution in [1.29, 1.82) is 10.5 Å². The number of rotatable bonds is 3. The number of nitrogens with one attached hydrogen (secondary N) is 1. The van der Waals surface area contributed by atoms with Gasteiger partial charge in [0.2, 0.25) is 0 Å². The summed E-state index contributed by atoms with van der Waals surface area (Å²) in [5.74, 6) is 0. The second-order valence-electron chi connectivity index (χ2n) is 5.47. The average Bonchev–Trinajstić information content (AvgIpc) is 2.52. The van der Waals surface area contributed by atoms with Gasteiger partial charge in [-0.05, 0) is 30.5 Å². The summed E-state index contributed by atoms with van der Waals surface area (Å²) < 4.78 is 0. The summed E-state index contributed by atoms with van der Waals surface area (Å²) in [7, 11) is 0. The van der Waals surface area contributed by atoms with Crippen LogP contribution in [0.1, 0.15) is 24.0 Å². The fourth-order valence-corrected chi connectivity index (χ4v) is 2.96. The van der Waals surface area contributed by atoms with Crippen molar-refractivity contribution in [2.24, 2.45) is 0 Å². The largest absolute Gasteiger partial charge is 0.381 e. The van der Waals surface area contributed by atoms with E-state index in [0.29, 0.717) is 5.56 Å². The summed E-state index contributed by atoms with van der Waals surface area (Å²) >= 11 is 0. The molecule has 0 spiro atoms. The Kier molecular flexibility index (Phi) is 3.34. The van der Waals surface area contributed by atoms with Crippen molar-refractivity contribution in [3.05, 3.63) is 65.7 Å². The third-order valence-corrected chi connectivity index (χ3v) is 4.14. The van der Waals surface area contributed by atoms with Crippen molar-refractivity contribution in [2.75, 3.05) is 5.32 Å². The molecular weight excluding hydrogens is 258 g/mol. The first-order chi connectivity index (χ1) is 10.3. The van der Waals surface area contributed by atoms with E-state index in [1.165, 1.54) is 0 Å².